The van der Waals surface area contributed by atoms with E-state index in [1.165, 1.54) is 11.1 Å². The largest absolute Gasteiger partial charge is 0.481 e. The highest BCUT2D eigenvalue weighted by molar-refractivity contribution is 6.00. The van der Waals surface area contributed by atoms with Crippen molar-refractivity contribution < 1.29 is 19.5 Å². The average Bonchev–Trinajstić information content (AvgIpc) is 3.19. The molecule has 0 spiro atoms. The molecule has 27 heavy (non-hydrogen) atoms. The highest BCUT2D eigenvalue weighted by atomic mass is 16.4. The molecule has 2 aliphatic rings. The molecule has 1 N–H and O–H groups in total. The van der Waals surface area contributed by atoms with Gasteiger partial charge in [0.25, 0.3) is 0 Å². The monoisotopic (exact) mass is 368 g/mol. The Bertz CT molecular complexity index is 747. The Kier molecular flexibility index (Phi) is 6.59. The Balaban J connectivity index is 1.48. The van der Waals surface area contributed by atoms with Gasteiger partial charge in [-0.2, -0.15) is 0 Å². The van der Waals surface area contributed by atoms with E-state index in [2.05, 4.69) is 12.1 Å². The summed E-state index contributed by atoms with van der Waals surface area (Å²) in [4.78, 5) is 34.7. The van der Waals surface area contributed by atoms with Gasteiger partial charge in [0.2, 0.25) is 0 Å². The SMILES string of the molecule is O=C(O)CCCCCC[C@H]1C=CC(=O)[C@@H]1CCc1cccc2c1CCC2=O. The van der Waals surface area contributed by atoms with Crippen LogP contribution in [0.3, 0.4) is 0 Å². The number of aryl methyl sites for hydroxylation is 1. The summed E-state index contributed by atoms with van der Waals surface area (Å²) in [5, 5.41) is 8.67. The third kappa shape index (κ3) is 4.94. The van der Waals surface area contributed by atoms with Crippen LogP contribution in [-0.4, -0.2) is 22.6 Å². The lowest BCUT2D eigenvalue weighted by molar-refractivity contribution is -0.137. The molecule has 0 aliphatic heterocycles. The van der Waals surface area contributed by atoms with Crippen molar-refractivity contribution in [1.82, 2.24) is 0 Å². The summed E-state index contributed by atoms with van der Waals surface area (Å²) >= 11 is 0. The van der Waals surface area contributed by atoms with Gasteiger partial charge >= 0.3 is 5.97 Å². The zero-order chi connectivity index (χ0) is 19.2. The van der Waals surface area contributed by atoms with Crippen LogP contribution in [0, 0.1) is 11.8 Å². The van der Waals surface area contributed by atoms with E-state index in [4.69, 9.17) is 5.11 Å². The number of ketones is 2. The van der Waals surface area contributed by atoms with Gasteiger partial charge in [-0.1, -0.05) is 43.5 Å². The zero-order valence-electron chi connectivity index (χ0n) is 15.8. The third-order valence-electron chi connectivity index (χ3n) is 5.97. The summed E-state index contributed by atoms with van der Waals surface area (Å²) in [5.74, 6) is 0.0987. The van der Waals surface area contributed by atoms with Crippen LogP contribution in [0.25, 0.3) is 0 Å². The van der Waals surface area contributed by atoms with E-state index in [0.717, 1.165) is 56.9 Å². The summed E-state index contributed by atoms with van der Waals surface area (Å²) in [6.45, 7) is 0. The van der Waals surface area contributed by atoms with E-state index in [1.54, 1.807) is 6.08 Å². The molecule has 0 saturated heterocycles. The van der Waals surface area contributed by atoms with Crippen LogP contribution < -0.4 is 0 Å². The van der Waals surface area contributed by atoms with Crippen molar-refractivity contribution in [2.24, 2.45) is 11.8 Å². The van der Waals surface area contributed by atoms with Gasteiger partial charge < -0.3 is 5.11 Å². The van der Waals surface area contributed by atoms with Gasteiger partial charge in [-0.25, -0.2) is 0 Å². The smallest absolute Gasteiger partial charge is 0.303 e. The molecule has 0 saturated carbocycles. The van der Waals surface area contributed by atoms with Crippen molar-refractivity contribution in [1.29, 1.82) is 0 Å². The van der Waals surface area contributed by atoms with Crippen LogP contribution in [0.4, 0.5) is 0 Å². The second-order valence-corrected chi connectivity index (χ2v) is 7.78. The molecular weight excluding hydrogens is 340 g/mol. The number of benzene rings is 1. The molecule has 0 heterocycles. The number of aliphatic carboxylic acids is 1. The van der Waals surface area contributed by atoms with Crippen LogP contribution in [0.15, 0.2) is 30.4 Å². The number of allylic oxidation sites excluding steroid dienone is 2. The fraction of sp³-hybridized carbons (Fsp3) is 0.522. The summed E-state index contributed by atoms with van der Waals surface area (Å²) in [7, 11) is 0. The van der Waals surface area contributed by atoms with Crippen molar-refractivity contribution in [2.45, 2.75) is 64.2 Å². The molecule has 0 aromatic heterocycles. The van der Waals surface area contributed by atoms with Gasteiger partial charge in [0.1, 0.15) is 0 Å². The molecule has 0 bridgehead atoms. The van der Waals surface area contributed by atoms with Crippen LogP contribution in [0.1, 0.15) is 72.9 Å². The first-order valence-corrected chi connectivity index (χ1v) is 10.1. The van der Waals surface area contributed by atoms with E-state index in [0.29, 0.717) is 12.3 Å². The van der Waals surface area contributed by atoms with Crippen LogP contribution in [-0.2, 0) is 22.4 Å². The molecule has 3 rings (SSSR count). The molecule has 4 nitrogen and oxygen atoms in total. The minimum atomic E-state index is -0.728. The fourth-order valence-electron chi connectivity index (χ4n) is 4.46. The summed E-state index contributed by atoms with van der Waals surface area (Å²) in [6.07, 6.45) is 11.9. The number of unbranched alkanes of at least 4 members (excludes halogenated alkanes) is 3. The number of fused-ring (bicyclic) bond motifs is 1. The number of carbonyl (C=O) groups is 3. The van der Waals surface area contributed by atoms with Crippen molar-refractivity contribution >= 4 is 17.5 Å². The van der Waals surface area contributed by atoms with Crippen LogP contribution >= 0.6 is 0 Å². The number of carbonyl (C=O) groups excluding carboxylic acids is 2. The first-order chi connectivity index (χ1) is 13.1. The van der Waals surface area contributed by atoms with E-state index in [9.17, 15) is 14.4 Å². The summed E-state index contributed by atoms with van der Waals surface area (Å²) in [5.41, 5.74) is 3.29. The zero-order valence-corrected chi connectivity index (χ0v) is 15.8. The molecule has 2 atom stereocenters. The lowest BCUT2D eigenvalue weighted by Crippen LogP contribution is -2.17. The van der Waals surface area contributed by atoms with E-state index < -0.39 is 5.97 Å². The molecule has 0 amide bonds. The minimum Gasteiger partial charge on any atom is -0.481 e. The molecule has 1 aromatic rings. The Morgan fingerprint density at radius 3 is 2.67 bits per heavy atom. The van der Waals surface area contributed by atoms with Crippen molar-refractivity contribution in [3.05, 3.63) is 47.0 Å². The average molecular weight is 368 g/mol. The molecule has 144 valence electrons. The molecule has 1 aromatic carbocycles. The van der Waals surface area contributed by atoms with Gasteiger partial charge in [0, 0.05) is 24.3 Å². The van der Waals surface area contributed by atoms with E-state index >= 15 is 0 Å². The standard InChI is InChI=1S/C23H28O4/c24-21-14-11-17(6-3-1-2-4-9-23(26)27)19(21)12-10-16-7-5-8-20-18(16)13-15-22(20)25/h5,7-8,11,14,17,19H,1-4,6,9-10,12-13,15H2,(H,26,27)/t17-,19+/m0/s1. The maximum absolute atomic E-state index is 12.3. The normalized spacial score (nSPS) is 21.0. The van der Waals surface area contributed by atoms with Crippen LogP contribution in [0.5, 0.6) is 0 Å². The Morgan fingerprint density at radius 2 is 1.85 bits per heavy atom. The predicted molar refractivity (Wildman–Crippen MR) is 104 cm³/mol. The van der Waals surface area contributed by atoms with Crippen molar-refractivity contribution in [3.8, 4) is 0 Å². The highest BCUT2D eigenvalue weighted by Gasteiger charge is 2.30. The number of carboxylic acid groups (broad SMARTS) is 1. The van der Waals surface area contributed by atoms with Gasteiger partial charge in [-0.05, 0) is 55.2 Å². The summed E-state index contributed by atoms with van der Waals surface area (Å²) < 4.78 is 0. The topological polar surface area (TPSA) is 71.4 Å². The molecule has 0 unspecified atom stereocenters. The lowest BCUT2D eigenvalue weighted by Gasteiger charge is -2.19. The van der Waals surface area contributed by atoms with Gasteiger partial charge in [0.15, 0.2) is 11.6 Å². The second-order valence-electron chi connectivity index (χ2n) is 7.78. The molecular formula is C23H28O4. The predicted octanol–water partition coefficient (Wildman–Crippen LogP) is 4.54. The Hall–Kier alpha value is -2.23. The number of hydrogen-bond acceptors (Lipinski definition) is 3. The lowest BCUT2D eigenvalue weighted by atomic mass is 9.84. The molecule has 4 heteroatoms. The molecule has 2 aliphatic carbocycles. The number of rotatable bonds is 10. The van der Waals surface area contributed by atoms with Crippen LogP contribution in [0.2, 0.25) is 0 Å². The minimum absolute atomic E-state index is 0.0528. The molecule has 0 radical (unpaired) electrons. The van der Waals surface area contributed by atoms with Crippen molar-refractivity contribution in [3.63, 3.8) is 0 Å². The van der Waals surface area contributed by atoms with E-state index in [1.807, 2.05) is 12.1 Å². The van der Waals surface area contributed by atoms with Crippen molar-refractivity contribution in [2.75, 3.05) is 0 Å². The Morgan fingerprint density at radius 1 is 1.04 bits per heavy atom. The fourth-order valence-corrected chi connectivity index (χ4v) is 4.46. The first-order valence-electron chi connectivity index (χ1n) is 10.1. The summed E-state index contributed by atoms with van der Waals surface area (Å²) in [6, 6.07) is 5.98. The van der Waals surface area contributed by atoms with Gasteiger partial charge in [-0.3, -0.25) is 14.4 Å². The Labute approximate surface area is 160 Å². The van der Waals surface area contributed by atoms with Gasteiger partial charge in [-0.15, -0.1) is 0 Å². The number of Topliss-reactive ketones (excluding diaryl/α,β-unsaturated/α-hetero) is 1. The van der Waals surface area contributed by atoms with Gasteiger partial charge in [0.05, 0.1) is 0 Å². The van der Waals surface area contributed by atoms with E-state index in [-0.39, 0.29) is 23.9 Å². The first kappa shape index (κ1) is 19.5. The second kappa shape index (κ2) is 9.12. The maximum Gasteiger partial charge on any atom is 0.303 e. The third-order valence-corrected chi connectivity index (χ3v) is 5.97. The number of hydrogen-bond donors (Lipinski definition) is 1. The number of carboxylic acids is 1. The quantitative estimate of drug-likeness (QED) is 0.615. The highest BCUT2D eigenvalue weighted by Crippen LogP contribution is 2.33. The maximum atomic E-state index is 12.3. The molecule has 0 fully saturated rings.